The number of allylic oxidation sites excluding steroid dienone is 1. The van der Waals surface area contributed by atoms with Gasteiger partial charge in [-0.05, 0) is 32.9 Å². The highest BCUT2D eigenvalue weighted by molar-refractivity contribution is 7.91. The molecular weight excluding hydrogens is 302 g/mol. The molecule has 1 N–H and O–H groups in total. The van der Waals surface area contributed by atoms with Gasteiger partial charge in [0, 0.05) is 18.5 Å². The van der Waals surface area contributed by atoms with Crippen molar-refractivity contribution >= 4 is 15.7 Å². The Hall–Kier alpha value is -1.82. The number of benzene rings is 1. The first-order valence-electron chi connectivity index (χ1n) is 7.22. The van der Waals surface area contributed by atoms with Gasteiger partial charge in [0.25, 0.3) is 5.91 Å². The van der Waals surface area contributed by atoms with Crippen molar-refractivity contribution in [3.05, 3.63) is 41.7 Å². The first kappa shape index (κ1) is 16.5. The second kappa shape index (κ2) is 6.12. The first-order valence-corrected chi connectivity index (χ1v) is 8.87. The number of hydrogen-bond acceptors (Lipinski definition) is 4. The molecule has 120 valence electrons. The van der Waals surface area contributed by atoms with E-state index in [9.17, 15) is 18.3 Å². The molecule has 2 rings (SSSR count). The average molecular weight is 323 g/mol. The molecule has 1 atom stereocenters. The van der Waals surface area contributed by atoms with E-state index in [0.717, 1.165) is 0 Å². The van der Waals surface area contributed by atoms with Crippen molar-refractivity contribution in [2.45, 2.75) is 31.7 Å². The molecule has 1 saturated heterocycles. The average Bonchev–Trinajstić information content (AvgIpc) is 2.76. The molecule has 1 amide bonds. The van der Waals surface area contributed by atoms with Crippen LogP contribution in [0.1, 0.15) is 20.8 Å². The number of carbonyl (C=O) groups excluding carboxylic acids is 1. The highest BCUT2D eigenvalue weighted by atomic mass is 32.2. The number of carbonyl (C=O) groups is 1. The minimum absolute atomic E-state index is 0.0359. The lowest BCUT2D eigenvalue weighted by Gasteiger charge is -2.20. The molecule has 0 saturated carbocycles. The second-order valence-corrected chi connectivity index (χ2v) is 7.88. The third-order valence-electron chi connectivity index (χ3n) is 3.85. The quantitative estimate of drug-likeness (QED) is 0.680. The molecule has 22 heavy (non-hydrogen) atoms. The van der Waals surface area contributed by atoms with Crippen molar-refractivity contribution in [2.75, 3.05) is 12.3 Å². The van der Waals surface area contributed by atoms with Crippen molar-refractivity contribution in [2.24, 2.45) is 5.92 Å². The molecule has 0 unspecified atom stereocenters. The third-order valence-corrected chi connectivity index (χ3v) is 5.68. The number of amides is 1. The zero-order valence-electron chi connectivity index (χ0n) is 13.0. The van der Waals surface area contributed by atoms with E-state index < -0.39 is 15.8 Å². The van der Waals surface area contributed by atoms with Crippen LogP contribution in [0.2, 0.25) is 0 Å². The van der Waals surface area contributed by atoms with Crippen LogP contribution in [-0.4, -0.2) is 42.7 Å². The smallest absolute Gasteiger partial charge is 0.253 e. The molecule has 1 aromatic carbocycles. The molecule has 0 bridgehead atoms. The molecular formula is C16H21NO4S. The Morgan fingerprint density at radius 2 is 1.91 bits per heavy atom. The van der Waals surface area contributed by atoms with Crippen LogP contribution in [0, 0.1) is 5.92 Å². The summed E-state index contributed by atoms with van der Waals surface area (Å²) in [6.45, 7) is 5.49. The molecule has 1 aliphatic rings. The van der Waals surface area contributed by atoms with Crippen molar-refractivity contribution in [1.82, 2.24) is 4.90 Å². The van der Waals surface area contributed by atoms with Gasteiger partial charge in [0.15, 0.2) is 9.84 Å². The number of aliphatic hydroxyl groups excluding tert-OH is 1. The lowest BCUT2D eigenvalue weighted by molar-refractivity contribution is -0.126. The second-order valence-electron chi connectivity index (χ2n) is 5.84. The highest BCUT2D eigenvalue weighted by Crippen LogP contribution is 2.30. The third kappa shape index (κ3) is 3.16. The minimum Gasteiger partial charge on any atom is -0.512 e. The summed E-state index contributed by atoms with van der Waals surface area (Å²) in [5.74, 6) is -1.06. The number of aliphatic hydroxyl groups is 1. The van der Waals surface area contributed by atoms with E-state index >= 15 is 0 Å². The van der Waals surface area contributed by atoms with Gasteiger partial charge in [-0.1, -0.05) is 18.2 Å². The number of nitrogens with zero attached hydrogens (tertiary/aromatic N) is 1. The largest absolute Gasteiger partial charge is 0.512 e. The zero-order valence-corrected chi connectivity index (χ0v) is 13.8. The number of likely N-dealkylation sites (tertiary alicyclic amines) is 1. The van der Waals surface area contributed by atoms with Gasteiger partial charge in [0.2, 0.25) is 0 Å². The molecule has 1 aromatic rings. The Kier molecular flexibility index (Phi) is 4.60. The predicted octanol–water partition coefficient (Wildman–Crippen LogP) is 2.16. The van der Waals surface area contributed by atoms with Crippen LogP contribution in [-0.2, 0) is 14.6 Å². The molecule has 0 radical (unpaired) electrons. The van der Waals surface area contributed by atoms with Crippen molar-refractivity contribution < 1.29 is 18.3 Å². The number of rotatable bonds is 4. The monoisotopic (exact) mass is 323 g/mol. The Balaban J connectivity index is 2.33. The normalized spacial score (nSPS) is 21.5. The van der Waals surface area contributed by atoms with Gasteiger partial charge in [-0.3, -0.25) is 4.79 Å². The van der Waals surface area contributed by atoms with Crippen molar-refractivity contribution in [1.29, 1.82) is 0 Å². The molecule has 6 heteroatoms. The lowest BCUT2D eigenvalue weighted by Crippen LogP contribution is -2.32. The molecule has 0 aliphatic carbocycles. The van der Waals surface area contributed by atoms with E-state index in [1.165, 1.54) is 6.92 Å². The molecule has 0 spiro atoms. The Morgan fingerprint density at radius 3 is 2.41 bits per heavy atom. The van der Waals surface area contributed by atoms with Crippen LogP contribution in [0.5, 0.6) is 0 Å². The van der Waals surface area contributed by atoms with Gasteiger partial charge in [-0.15, -0.1) is 0 Å². The number of sulfone groups is 1. The van der Waals surface area contributed by atoms with E-state index in [2.05, 4.69) is 0 Å². The summed E-state index contributed by atoms with van der Waals surface area (Å²) >= 11 is 0. The van der Waals surface area contributed by atoms with Gasteiger partial charge in [0.1, 0.15) is 0 Å². The zero-order chi connectivity index (χ0) is 16.5. The standard InChI is InChI=1S/C16H21NO4S/c1-11(2)17-9-13(15(12(3)18)16(17)19)10-22(20,21)14-7-5-4-6-8-14/h4-8,11,13,18H,9-10H2,1-3H3/b15-12+/t13-/m0/s1. The highest BCUT2D eigenvalue weighted by Gasteiger charge is 2.40. The topological polar surface area (TPSA) is 74.7 Å². The van der Waals surface area contributed by atoms with Crippen molar-refractivity contribution in [3.8, 4) is 0 Å². The van der Waals surface area contributed by atoms with Gasteiger partial charge in [-0.25, -0.2) is 8.42 Å². The summed E-state index contributed by atoms with van der Waals surface area (Å²) in [7, 11) is -3.51. The van der Waals surface area contributed by atoms with Gasteiger partial charge >= 0.3 is 0 Å². The summed E-state index contributed by atoms with van der Waals surface area (Å²) in [6, 6.07) is 8.14. The van der Waals surface area contributed by atoms with E-state index in [-0.39, 0.29) is 33.9 Å². The van der Waals surface area contributed by atoms with E-state index in [1.54, 1.807) is 35.2 Å². The minimum atomic E-state index is -3.51. The van der Waals surface area contributed by atoms with E-state index in [1.807, 2.05) is 13.8 Å². The van der Waals surface area contributed by atoms with Crippen LogP contribution in [0.15, 0.2) is 46.6 Å². The summed E-state index contributed by atoms with van der Waals surface area (Å²) in [4.78, 5) is 14.2. The molecule has 1 fully saturated rings. The SMILES string of the molecule is C/C(O)=C1\C(=O)N(C(C)C)C[C@H]1CS(=O)(=O)c1ccccc1. The summed E-state index contributed by atoms with van der Waals surface area (Å²) in [5.41, 5.74) is 0.216. The maximum atomic E-state index is 12.5. The van der Waals surface area contributed by atoms with E-state index in [4.69, 9.17) is 0 Å². The van der Waals surface area contributed by atoms with Gasteiger partial charge in [-0.2, -0.15) is 0 Å². The van der Waals surface area contributed by atoms with Gasteiger partial charge in [0.05, 0.1) is 22.0 Å². The molecule has 1 aliphatic heterocycles. The van der Waals surface area contributed by atoms with Crippen LogP contribution in [0.25, 0.3) is 0 Å². The molecule has 0 aromatic heterocycles. The lowest BCUT2D eigenvalue weighted by atomic mass is 10.0. The fourth-order valence-corrected chi connectivity index (χ4v) is 4.33. The summed E-state index contributed by atoms with van der Waals surface area (Å²) in [6.07, 6.45) is 0. The van der Waals surface area contributed by atoms with Crippen LogP contribution >= 0.6 is 0 Å². The fourth-order valence-electron chi connectivity index (χ4n) is 2.76. The maximum Gasteiger partial charge on any atom is 0.253 e. The predicted molar refractivity (Wildman–Crippen MR) is 84.2 cm³/mol. The number of hydrogen-bond donors (Lipinski definition) is 1. The maximum absolute atomic E-state index is 12.5. The summed E-state index contributed by atoms with van der Waals surface area (Å²) < 4.78 is 25.0. The van der Waals surface area contributed by atoms with Crippen LogP contribution in [0.3, 0.4) is 0 Å². The Labute approximate surface area is 131 Å². The summed E-state index contributed by atoms with van der Waals surface area (Å²) in [5, 5.41) is 9.80. The van der Waals surface area contributed by atoms with E-state index in [0.29, 0.717) is 6.54 Å². The molecule has 5 nitrogen and oxygen atoms in total. The fraction of sp³-hybridized carbons (Fsp3) is 0.438. The Morgan fingerprint density at radius 1 is 1.32 bits per heavy atom. The van der Waals surface area contributed by atoms with Crippen molar-refractivity contribution in [3.63, 3.8) is 0 Å². The Bertz CT molecular complexity index is 688. The van der Waals surface area contributed by atoms with Crippen LogP contribution in [0.4, 0.5) is 0 Å². The first-order chi connectivity index (χ1) is 10.2. The van der Waals surface area contributed by atoms with Gasteiger partial charge < -0.3 is 10.0 Å². The molecule has 1 heterocycles. The van der Waals surface area contributed by atoms with Crippen LogP contribution < -0.4 is 0 Å².